The van der Waals surface area contributed by atoms with Gasteiger partial charge in [-0.1, -0.05) is 36.4 Å². The number of nitrogens with zero attached hydrogens (tertiary/aromatic N) is 10. The number of nitrogens with two attached hydrogens (primary N) is 2. The fourth-order valence-electron chi connectivity index (χ4n) is 7.72. The lowest BCUT2D eigenvalue weighted by Crippen LogP contribution is -2.37. The number of thiophene rings is 2. The number of fused-ring (bicyclic) bond motifs is 2. The van der Waals surface area contributed by atoms with E-state index in [1.807, 2.05) is 42.7 Å². The van der Waals surface area contributed by atoms with Gasteiger partial charge in [0.25, 0.3) is 0 Å². The molecule has 308 valence electrons. The molecule has 0 amide bonds. The Morgan fingerprint density at radius 3 is 1.82 bits per heavy atom. The van der Waals surface area contributed by atoms with E-state index in [2.05, 4.69) is 67.2 Å². The molecular formula is C47H42N12OS2. The summed E-state index contributed by atoms with van der Waals surface area (Å²) >= 11 is 3.24. The number of hydrogen-bond acceptors (Lipinski definition) is 15. The SMILES string of the molecule is N#Cc1cccc(-c2nc(N)c3cc(Cc4ccc(N5CCCCC5)nc4)sc3n2)c1.N#Cc1cccc(-c2nc(N)c3cc(Cc4cccnc4N4CCOCC4)sc3n2)c1. The molecule has 0 saturated carbocycles. The van der Waals surface area contributed by atoms with Crippen molar-refractivity contribution in [2.75, 3.05) is 60.7 Å². The van der Waals surface area contributed by atoms with Gasteiger partial charge in [-0.25, -0.2) is 29.9 Å². The zero-order valence-corrected chi connectivity index (χ0v) is 35.5. The van der Waals surface area contributed by atoms with Crippen molar-refractivity contribution in [2.24, 2.45) is 0 Å². The standard InChI is InChI=1S/C24H22N6S.C23H20N6OS/c25-14-16-5-4-6-18(11-16)23-28-22(26)20-13-19(31-24(20)29-23)12-17-7-8-21(27-15-17)30-9-2-1-3-10-30;24-14-15-3-1-4-16(11-15)21-27-20(25)19-13-18(31-23(19)28-21)12-17-5-2-6-26-22(17)29-7-9-30-10-8-29/h4-8,11,13,15H,1-3,9-10,12H2,(H2,26,28,29);1-6,11,13H,7-10,12H2,(H2,25,27,28). The Morgan fingerprint density at radius 2 is 1.24 bits per heavy atom. The van der Waals surface area contributed by atoms with E-state index in [9.17, 15) is 0 Å². The third-order valence-electron chi connectivity index (χ3n) is 10.9. The smallest absolute Gasteiger partial charge is 0.163 e. The quantitative estimate of drug-likeness (QED) is 0.148. The Hall–Kier alpha value is -7.04. The minimum atomic E-state index is 0.449. The number of aromatic nitrogens is 6. The molecule has 8 heterocycles. The summed E-state index contributed by atoms with van der Waals surface area (Å²) in [4.78, 5) is 36.4. The first-order valence-corrected chi connectivity index (χ1v) is 22.1. The van der Waals surface area contributed by atoms with Crippen LogP contribution in [0, 0.1) is 22.7 Å². The summed E-state index contributed by atoms with van der Waals surface area (Å²) < 4.78 is 5.48. The van der Waals surface area contributed by atoms with Crippen molar-refractivity contribution < 1.29 is 4.74 Å². The fraction of sp³-hybridized carbons (Fsp3) is 0.234. The lowest BCUT2D eigenvalue weighted by Gasteiger charge is -2.29. The van der Waals surface area contributed by atoms with Crippen LogP contribution < -0.4 is 21.3 Å². The molecule has 0 spiro atoms. The number of pyridine rings is 2. The number of anilines is 4. The molecule has 2 aliphatic heterocycles. The van der Waals surface area contributed by atoms with Gasteiger partial charge in [-0.3, -0.25) is 0 Å². The molecule has 0 radical (unpaired) electrons. The van der Waals surface area contributed by atoms with Crippen molar-refractivity contribution in [3.8, 4) is 34.9 Å². The van der Waals surface area contributed by atoms with Gasteiger partial charge in [0.2, 0.25) is 0 Å². The maximum absolute atomic E-state index is 9.17. The maximum atomic E-state index is 9.17. The first kappa shape index (κ1) is 40.4. The van der Waals surface area contributed by atoms with Crippen LogP contribution in [0.15, 0.2) is 97.3 Å². The average Bonchev–Trinajstić information content (AvgIpc) is 3.94. The first-order chi connectivity index (χ1) is 30.4. The number of rotatable bonds is 8. The highest BCUT2D eigenvalue weighted by molar-refractivity contribution is 7.19. The average molecular weight is 855 g/mol. The molecule has 0 unspecified atom stereocenters. The molecule has 2 fully saturated rings. The van der Waals surface area contributed by atoms with Gasteiger partial charge in [0.05, 0.1) is 47.3 Å². The van der Waals surface area contributed by atoms with Gasteiger partial charge in [0.1, 0.15) is 32.9 Å². The monoisotopic (exact) mass is 854 g/mol. The number of nitriles is 2. The van der Waals surface area contributed by atoms with Crippen LogP contribution in [0.3, 0.4) is 0 Å². The van der Waals surface area contributed by atoms with Crippen LogP contribution >= 0.6 is 22.7 Å². The van der Waals surface area contributed by atoms with Gasteiger partial charge in [0.15, 0.2) is 11.6 Å². The van der Waals surface area contributed by atoms with Gasteiger partial charge in [-0.05, 0) is 78.9 Å². The molecule has 15 heteroatoms. The van der Waals surface area contributed by atoms with E-state index in [4.69, 9.17) is 41.7 Å². The molecule has 2 aromatic carbocycles. The van der Waals surface area contributed by atoms with Gasteiger partial charge in [-0.15, -0.1) is 22.7 Å². The summed E-state index contributed by atoms with van der Waals surface area (Å²) in [5.41, 5.74) is 17.6. The van der Waals surface area contributed by atoms with Crippen molar-refractivity contribution in [2.45, 2.75) is 32.1 Å². The summed E-state index contributed by atoms with van der Waals surface area (Å²) in [6.07, 6.45) is 9.16. The summed E-state index contributed by atoms with van der Waals surface area (Å²) in [5, 5.41) is 20.0. The van der Waals surface area contributed by atoms with E-state index in [0.29, 0.717) is 34.4 Å². The van der Waals surface area contributed by atoms with E-state index in [1.54, 1.807) is 46.9 Å². The van der Waals surface area contributed by atoms with Crippen molar-refractivity contribution >= 4 is 66.4 Å². The van der Waals surface area contributed by atoms with Crippen molar-refractivity contribution in [3.05, 3.63) is 129 Å². The van der Waals surface area contributed by atoms with E-state index in [0.717, 1.165) is 100 Å². The molecule has 2 aliphatic rings. The zero-order valence-electron chi connectivity index (χ0n) is 33.9. The van der Waals surface area contributed by atoms with Crippen LogP contribution in [0.5, 0.6) is 0 Å². The summed E-state index contributed by atoms with van der Waals surface area (Å²) in [6, 6.07) is 31.4. The van der Waals surface area contributed by atoms with Crippen LogP contribution in [0.1, 0.15) is 51.3 Å². The van der Waals surface area contributed by atoms with E-state index in [-0.39, 0.29) is 0 Å². The van der Waals surface area contributed by atoms with Crippen LogP contribution in [-0.2, 0) is 17.6 Å². The van der Waals surface area contributed by atoms with Crippen molar-refractivity contribution in [3.63, 3.8) is 0 Å². The third-order valence-corrected chi connectivity index (χ3v) is 12.9. The Labute approximate surface area is 367 Å². The summed E-state index contributed by atoms with van der Waals surface area (Å²) in [6.45, 7) is 5.34. The molecule has 6 aromatic heterocycles. The fourth-order valence-corrected chi connectivity index (χ4v) is 9.85. The van der Waals surface area contributed by atoms with Gasteiger partial charge < -0.3 is 26.0 Å². The lowest BCUT2D eigenvalue weighted by molar-refractivity contribution is 0.122. The van der Waals surface area contributed by atoms with Gasteiger partial charge >= 0.3 is 0 Å². The minimum Gasteiger partial charge on any atom is -0.383 e. The molecule has 2 saturated heterocycles. The number of piperidine rings is 1. The highest BCUT2D eigenvalue weighted by atomic mass is 32.1. The molecular weight excluding hydrogens is 813 g/mol. The number of morpholine rings is 1. The largest absolute Gasteiger partial charge is 0.383 e. The van der Waals surface area contributed by atoms with Crippen molar-refractivity contribution in [1.82, 2.24) is 29.9 Å². The van der Waals surface area contributed by atoms with Crippen molar-refractivity contribution in [1.29, 1.82) is 10.5 Å². The second-order valence-corrected chi connectivity index (χ2v) is 17.4. The Morgan fingerprint density at radius 1 is 0.629 bits per heavy atom. The Balaban J connectivity index is 0.000000158. The second kappa shape index (κ2) is 18.3. The molecule has 8 aromatic rings. The van der Waals surface area contributed by atoms with Gasteiger partial charge in [0, 0.05) is 72.3 Å². The highest BCUT2D eigenvalue weighted by Crippen LogP contribution is 2.34. The number of benzene rings is 2. The molecule has 0 bridgehead atoms. The van der Waals surface area contributed by atoms with Crippen LogP contribution in [0.2, 0.25) is 0 Å². The molecule has 13 nitrogen and oxygen atoms in total. The van der Waals surface area contributed by atoms with Crippen LogP contribution in [0.4, 0.5) is 23.3 Å². The second-order valence-electron chi connectivity index (χ2n) is 15.1. The highest BCUT2D eigenvalue weighted by Gasteiger charge is 2.19. The van der Waals surface area contributed by atoms with Gasteiger partial charge in [-0.2, -0.15) is 10.5 Å². The predicted octanol–water partition coefficient (Wildman–Crippen LogP) is 8.42. The van der Waals surface area contributed by atoms with Crippen LogP contribution in [0.25, 0.3) is 43.2 Å². The number of nitrogen functional groups attached to an aromatic ring is 2. The minimum absolute atomic E-state index is 0.449. The topological polar surface area (TPSA) is 193 Å². The molecule has 10 rings (SSSR count). The Bertz CT molecular complexity index is 2960. The van der Waals surface area contributed by atoms with E-state index in [1.165, 1.54) is 35.3 Å². The Kier molecular flexibility index (Phi) is 11.9. The molecule has 0 aliphatic carbocycles. The van der Waals surface area contributed by atoms with Crippen LogP contribution in [-0.4, -0.2) is 69.3 Å². The number of ether oxygens (including phenoxy) is 1. The van der Waals surface area contributed by atoms with E-state index >= 15 is 0 Å². The summed E-state index contributed by atoms with van der Waals surface area (Å²) in [7, 11) is 0. The zero-order chi connectivity index (χ0) is 42.4. The normalized spacial score (nSPS) is 14.0. The van der Waals surface area contributed by atoms with E-state index < -0.39 is 0 Å². The maximum Gasteiger partial charge on any atom is 0.163 e. The molecule has 62 heavy (non-hydrogen) atoms. The molecule has 0 atom stereocenters. The molecule has 4 N–H and O–H groups in total. The number of hydrogen-bond donors (Lipinski definition) is 2. The third kappa shape index (κ3) is 9.01. The lowest BCUT2D eigenvalue weighted by atomic mass is 10.1. The predicted molar refractivity (Wildman–Crippen MR) is 247 cm³/mol. The summed E-state index contributed by atoms with van der Waals surface area (Å²) in [5.74, 6) is 4.07. The first-order valence-electron chi connectivity index (χ1n) is 20.5.